The maximum absolute atomic E-state index is 11.1. The zero-order chi connectivity index (χ0) is 13.5. The van der Waals surface area contributed by atoms with Gasteiger partial charge >= 0.3 is 5.97 Å². The van der Waals surface area contributed by atoms with Gasteiger partial charge < -0.3 is 9.84 Å². The number of unbranched alkanes of at least 4 members (excludes halogenated alkanes) is 1. The van der Waals surface area contributed by atoms with Crippen LogP contribution in [0.1, 0.15) is 25.3 Å². The predicted molar refractivity (Wildman–Crippen MR) is 72.4 cm³/mol. The molecule has 0 spiro atoms. The fourth-order valence-electron chi connectivity index (χ4n) is 1.53. The monoisotopic (exact) mass is 290 g/mol. The summed E-state index contributed by atoms with van der Waals surface area (Å²) >= 11 is 11.7. The third-order valence-electron chi connectivity index (χ3n) is 2.44. The fourth-order valence-corrected chi connectivity index (χ4v) is 2.10. The van der Waals surface area contributed by atoms with Gasteiger partial charge in [0.15, 0.2) is 6.10 Å². The highest BCUT2D eigenvalue weighted by Crippen LogP contribution is 2.20. The molecule has 1 rings (SSSR count). The van der Waals surface area contributed by atoms with E-state index in [-0.39, 0.29) is 6.42 Å². The number of hydrogen-bond acceptors (Lipinski definition) is 2. The summed E-state index contributed by atoms with van der Waals surface area (Å²) in [5, 5.41) is 10.1. The van der Waals surface area contributed by atoms with Gasteiger partial charge in [-0.2, -0.15) is 0 Å². The Bertz CT molecular complexity index is 387. The van der Waals surface area contributed by atoms with Crippen LogP contribution in [0.25, 0.3) is 0 Å². The Morgan fingerprint density at radius 3 is 2.44 bits per heavy atom. The quantitative estimate of drug-likeness (QED) is 0.777. The van der Waals surface area contributed by atoms with Crippen LogP contribution in [0.2, 0.25) is 10.0 Å². The Labute approximate surface area is 117 Å². The van der Waals surface area contributed by atoms with Crippen LogP contribution < -0.4 is 0 Å². The van der Waals surface area contributed by atoms with Gasteiger partial charge in [0.25, 0.3) is 0 Å². The lowest BCUT2D eigenvalue weighted by atomic mass is 10.1. The van der Waals surface area contributed by atoms with E-state index in [9.17, 15) is 4.79 Å². The van der Waals surface area contributed by atoms with Crippen LogP contribution in [0.15, 0.2) is 18.2 Å². The van der Waals surface area contributed by atoms with Crippen molar-refractivity contribution in [3.05, 3.63) is 33.8 Å². The molecule has 1 atom stereocenters. The van der Waals surface area contributed by atoms with Crippen molar-refractivity contribution in [2.45, 2.75) is 32.3 Å². The summed E-state index contributed by atoms with van der Waals surface area (Å²) in [5.41, 5.74) is 0.761. The maximum atomic E-state index is 11.1. The van der Waals surface area contributed by atoms with Crippen molar-refractivity contribution in [1.82, 2.24) is 0 Å². The number of ether oxygens (including phenoxy) is 1. The summed E-state index contributed by atoms with van der Waals surface area (Å²) < 4.78 is 5.34. The summed E-state index contributed by atoms with van der Waals surface area (Å²) in [5.74, 6) is -0.970. The highest BCUT2D eigenvalue weighted by Gasteiger charge is 2.18. The summed E-state index contributed by atoms with van der Waals surface area (Å²) in [6.07, 6.45) is 1.22. The van der Waals surface area contributed by atoms with E-state index < -0.39 is 12.1 Å². The predicted octanol–water partition coefficient (Wildman–Crippen LogP) is 3.81. The molecule has 0 unspecified atom stereocenters. The van der Waals surface area contributed by atoms with Gasteiger partial charge in [0.05, 0.1) is 0 Å². The van der Waals surface area contributed by atoms with E-state index in [1.165, 1.54) is 0 Å². The molecule has 100 valence electrons. The van der Waals surface area contributed by atoms with Crippen molar-refractivity contribution in [2.24, 2.45) is 0 Å². The Hall–Kier alpha value is -0.770. The molecule has 0 bridgehead atoms. The molecule has 1 N–H and O–H groups in total. The smallest absolute Gasteiger partial charge is 0.333 e. The third kappa shape index (κ3) is 5.25. The second-order valence-electron chi connectivity index (χ2n) is 4.03. The summed E-state index contributed by atoms with van der Waals surface area (Å²) in [7, 11) is 0. The summed E-state index contributed by atoms with van der Waals surface area (Å²) in [4.78, 5) is 11.1. The highest BCUT2D eigenvalue weighted by atomic mass is 35.5. The van der Waals surface area contributed by atoms with E-state index in [0.717, 1.165) is 18.4 Å². The second-order valence-corrected chi connectivity index (χ2v) is 4.91. The number of benzene rings is 1. The molecule has 0 radical (unpaired) electrons. The standard InChI is InChI=1S/C13H16Cl2O3/c1-2-3-4-18-12(13(16)17)7-9-5-10(14)8-11(15)6-9/h5-6,8,12H,2-4,7H2,1H3,(H,16,17)/t12-/m0/s1. The number of hydrogen-bond donors (Lipinski definition) is 1. The molecular weight excluding hydrogens is 275 g/mol. The maximum Gasteiger partial charge on any atom is 0.333 e. The molecule has 0 saturated carbocycles. The van der Waals surface area contributed by atoms with Crippen LogP contribution >= 0.6 is 23.2 Å². The third-order valence-corrected chi connectivity index (χ3v) is 2.87. The average Bonchev–Trinajstić information content (AvgIpc) is 2.26. The largest absolute Gasteiger partial charge is 0.479 e. The van der Waals surface area contributed by atoms with Crippen molar-refractivity contribution >= 4 is 29.2 Å². The number of carboxylic acid groups (broad SMARTS) is 1. The highest BCUT2D eigenvalue weighted by molar-refractivity contribution is 6.34. The van der Waals surface area contributed by atoms with E-state index in [2.05, 4.69) is 0 Å². The molecule has 3 nitrogen and oxygen atoms in total. The average molecular weight is 291 g/mol. The van der Waals surface area contributed by atoms with Crippen LogP contribution in [-0.2, 0) is 16.0 Å². The van der Waals surface area contributed by atoms with Crippen molar-refractivity contribution in [3.63, 3.8) is 0 Å². The lowest BCUT2D eigenvalue weighted by molar-refractivity contribution is -0.150. The van der Waals surface area contributed by atoms with Gasteiger partial charge in [-0.15, -0.1) is 0 Å². The topological polar surface area (TPSA) is 46.5 Å². The molecule has 1 aromatic carbocycles. The van der Waals surface area contributed by atoms with Gasteiger partial charge in [-0.1, -0.05) is 36.5 Å². The fraction of sp³-hybridized carbons (Fsp3) is 0.462. The summed E-state index contributed by atoms with van der Waals surface area (Å²) in [6.45, 7) is 2.47. The molecule has 0 aliphatic rings. The van der Waals surface area contributed by atoms with E-state index in [4.69, 9.17) is 33.0 Å². The van der Waals surface area contributed by atoms with Gasteiger partial charge in [0.1, 0.15) is 0 Å². The number of aliphatic carboxylic acids is 1. The van der Waals surface area contributed by atoms with E-state index >= 15 is 0 Å². The molecule has 5 heteroatoms. The lowest BCUT2D eigenvalue weighted by Crippen LogP contribution is -2.26. The van der Waals surface area contributed by atoms with Gasteiger partial charge in [0, 0.05) is 23.1 Å². The molecule has 0 heterocycles. The van der Waals surface area contributed by atoms with Gasteiger partial charge in [-0.3, -0.25) is 0 Å². The van der Waals surface area contributed by atoms with E-state index in [1.54, 1.807) is 18.2 Å². The van der Waals surface area contributed by atoms with E-state index in [0.29, 0.717) is 16.7 Å². The minimum Gasteiger partial charge on any atom is -0.479 e. The lowest BCUT2D eigenvalue weighted by Gasteiger charge is -2.14. The molecule has 0 saturated heterocycles. The SMILES string of the molecule is CCCCO[C@@H](Cc1cc(Cl)cc(Cl)c1)C(=O)O. The van der Waals surface area contributed by atoms with Crippen LogP contribution in [0.3, 0.4) is 0 Å². The molecule has 0 aliphatic heterocycles. The first kappa shape index (κ1) is 15.3. The molecule has 0 amide bonds. The van der Waals surface area contributed by atoms with Crippen molar-refractivity contribution in [2.75, 3.05) is 6.61 Å². The first-order chi connectivity index (χ1) is 8.52. The zero-order valence-electron chi connectivity index (χ0n) is 10.2. The number of halogens is 2. The number of carboxylic acids is 1. The van der Waals surface area contributed by atoms with Crippen molar-refractivity contribution in [3.8, 4) is 0 Å². The Morgan fingerprint density at radius 1 is 1.33 bits per heavy atom. The number of carbonyl (C=O) groups is 1. The van der Waals surface area contributed by atoms with Crippen LogP contribution in [0.4, 0.5) is 0 Å². The Balaban J connectivity index is 2.67. The molecule has 18 heavy (non-hydrogen) atoms. The minimum atomic E-state index is -0.970. The molecule has 0 fully saturated rings. The van der Waals surface area contributed by atoms with Crippen LogP contribution in [0.5, 0.6) is 0 Å². The molecule has 0 aliphatic carbocycles. The van der Waals surface area contributed by atoms with E-state index in [1.807, 2.05) is 6.92 Å². The number of rotatable bonds is 7. The van der Waals surface area contributed by atoms with Gasteiger partial charge in [0.2, 0.25) is 0 Å². The Morgan fingerprint density at radius 2 is 1.94 bits per heavy atom. The van der Waals surface area contributed by atoms with Crippen molar-refractivity contribution < 1.29 is 14.6 Å². The molecule has 0 aromatic heterocycles. The second kappa shape index (κ2) is 7.62. The van der Waals surface area contributed by atoms with Gasteiger partial charge in [-0.25, -0.2) is 4.79 Å². The van der Waals surface area contributed by atoms with Gasteiger partial charge in [-0.05, 0) is 30.2 Å². The minimum absolute atomic E-state index is 0.263. The van der Waals surface area contributed by atoms with Crippen LogP contribution in [-0.4, -0.2) is 23.8 Å². The van der Waals surface area contributed by atoms with Crippen molar-refractivity contribution in [1.29, 1.82) is 0 Å². The summed E-state index contributed by atoms with van der Waals surface area (Å²) in [6, 6.07) is 5.01. The first-order valence-corrected chi connectivity index (χ1v) is 6.58. The Kier molecular flexibility index (Phi) is 6.47. The normalized spacial score (nSPS) is 12.4. The first-order valence-electron chi connectivity index (χ1n) is 5.82. The zero-order valence-corrected chi connectivity index (χ0v) is 11.7. The van der Waals surface area contributed by atoms with Crippen LogP contribution in [0, 0.1) is 0 Å². The molecular formula is C13H16Cl2O3. The molecule has 1 aromatic rings.